The minimum absolute atomic E-state index is 0.346. The predicted octanol–water partition coefficient (Wildman–Crippen LogP) is 8.19. The first-order valence-electron chi connectivity index (χ1n) is 10.6. The van der Waals surface area contributed by atoms with Gasteiger partial charge in [-0.3, -0.25) is 0 Å². The molecule has 0 aromatic rings. The molecule has 0 aliphatic carbocycles. The molecule has 0 saturated carbocycles. The summed E-state index contributed by atoms with van der Waals surface area (Å²) in [6, 6.07) is 0. The monoisotopic (exact) mass is 324 g/mol. The average molecular weight is 325 g/mol. The molecule has 0 aromatic heterocycles. The number of ether oxygens (including phenoxy) is 1. The van der Waals surface area contributed by atoms with Crippen LogP contribution in [0.2, 0.25) is 0 Å². The van der Waals surface area contributed by atoms with Crippen LogP contribution >= 0.6 is 0 Å². The predicted molar refractivity (Wildman–Crippen MR) is 105 cm³/mol. The van der Waals surface area contributed by atoms with Gasteiger partial charge in [0.25, 0.3) is 0 Å². The Morgan fingerprint density at radius 3 is 1.35 bits per heavy atom. The highest BCUT2D eigenvalue weighted by atomic mass is 16.5. The van der Waals surface area contributed by atoms with E-state index in [1.165, 1.54) is 109 Å². The smallest absolute Gasteiger partial charge is 0.0950 e. The molecule has 23 heavy (non-hydrogen) atoms. The van der Waals surface area contributed by atoms with E-state index in [-0.39, 0.29) is 0 Å². The molecule has 138 valence electrons. The molecule has 0 rings (SSSR count). The van der Waals surface area contributed by atoms with Gasteiger partial charge >= 0.3 is 0 Å². The molecule has 0 aliphatic rings. The van der Waals surface area contributed by atoms with Crippen LogP contribution < -0.4 is 0 Å². The summed E-state index contributed by atoms with van der Waals surface area (Å²) in [5.74, 6) is 0. The summed E-state index contributed by atoms with van der Waals surface area (Å²) in [6.45, 7) is 8.03. The van der Waals surface area contributed by atoms with Crippen molar-refractivity contribution in [2.45, 2.75) is 129 Å². The quantitative estimate of drug-likeness (QED) is 0.172. The van der Waals surface area contributed by atoms with Crippen LogP contribution in [0.4, 0.5) is 0 Å². The maximum atomic E-state index is 5.33. The second kappa shape index (κ2) is 19.6. The fraction of sp³-hybridized carbons (Fsp3) is 0.909. The van der Waals surface area contributed by atoms with Crippen molar-refractivity contribution in [3.63, 3.8) is 0 Å². The van der Waals surface area contributed by atoms with Gasteiger partial charge in [-0.05, 0) is 19.8 Å². The first-order chi connectivity index (χ1) is 11.3. The molecular formula is C22H44O. The first kappa shape index (κ1) is 22.5. The Morgan fingerprint density at radius 2 is 1.00 bits per heavy atom. The molecule has 0 aliphatic heterocycles. The largest absolute Gasteiger partial charge is 0.499 e. The highest BCUT2D eigenvalue weighted by molar-refractivity contribution is 4.58. The molecule has 0 amide bonds. The highest BCUT2D eigenvalue weighted by Crippen LogP contribution is 2.14. The van der Waals surface area contributed by atoms with E-state index in [0.29, 0.717) is 6.10 Å². The maximum Gasteiger partial charge on any atom is 0.0950 e. The van der Waals surface area contributed by atoms with E-state index >= 15 is 0 Å². The average Bonchev–Trinajstić information content (AvgIpc) is 2.54. The second-order valence-electron chi connectivity index (χ2n) is 7.21. The minimum atomic E-state index is 0.346. The molecule has 0 bridgehead atoms. The fourth-order valence-corrected chi connectivity index (χ4v) is 3.21. The van der Waals surface area contributed by atoms with Crippen LogP contribution in [0.25, 0.3) is 0 Å². The summed E-state index contributed by atoms with van der Waals surface area (Å²) >= 11 is 0. The molecule has 0 spiro atoms. The van der Waals surface area contributed by atoms with Gasteiger partial charge in [0.1, 0.15) is 0 Å². The van der Waals surface area contributed by atoms with Gasteiger partial charge in [0.2, 0.25) is 0 Å². The molecule has 1 nitrogen and oxygen atoms in total. The Hall–Kier alpha value is -0.460. The van der Waals surface area contributed by atoms with E-state index in [2.05, 4.69) is 20.4 Å². The van der Waals surface area contributed by atoms with Gasteiger partial charge in [0, 0.05) is 0 Å². The van der Waals surface area contributed by atoms with E-state index in [1.807, 2.05) is 0 Å². The van der Waals surface area contributed by atoms with Crippen LogP contribution in [-0.2, 0) is 4.74 Å². The summed E-state index contributed by atoms with van der Waals surface area (Å²) in [6.07, 6.45) is 26.0. The zero-order valence-electron chi connectivity index (χ0n) is 16.3. The topological polar surface area (TPSA) is 9.23 Å². The fourth-order valence-electron chi connectivity index (χ4n) is 3.21. The molecule has 0 radical (unpaired) electrons. The molecular weight excluding hydrogens is 280 g/mol. The van der Waals surface area contributed by atoms with Gasteiger partial charge in [-0.25, -0.2) is 0 Å². The first-order valence-corrected chi connectivity index (χ1v) is 10.6. The van der Waals surface area contributed by atoms with E-state index < -0.39 is 0 Å². The Morgan fingerprint density at radius 1 is 0.652 bits per heavy atom. The number of hydrogen-bond donors (Lipinski definition) is 0. The van der Waals surface area contributed by atoms with Crippen molar-refractivity contribution >= 4 is 0 Å². The Labute approximate surface area is 147 Å². The van der Waals surface area contributed by atoms with Crippen molar-refractivity contribution in [2.24, 2.45) is 0 Å². The number of hydrogen-bond acceptors (Lipinski definition) is 1. The van der Waals surface area contributed by atoms with Gasteiger partial charge < -0.3 is 4.74 Å². The normalized spacial score (nSPS) is 12.3. The van der Waals surface area contributed by atoms with Gasteiger partial charge in [-0.15, -0.1) is 0 Å². The molecule has 0 aromatic carbocycles. The summed E-state index contributed by atoms with van der Waals surface area (Å²) in [5, 5.41) is 0. The van der Waals surface area contributed by atoms with Crippen LogP contribution in [0.15, 0.2) is 12.8 Å². The number of rotatable bonds is 19. The highest BCUT2D eigenvalue weighted by Gasteiger charge is 1.99. The third-order valence-electron chi connectivity index (χ3n) is 4.79. The van der Waals surface area contributed by atoms with E-state index in [4.69, 9.17) is 4.74 Å². The van der Waals surface area contributed by atoms with Crippen molar-refractivity contribution in [3.05, 3.63) is 12.8 Å². The van der Waals surface area contributed by atoms with E-state index in [9.17, 15) is 0 Å². The Kier molecular flexibility index (Phi) is 19.2. The molecule has 0 N–H and O–H groups in total. The summed E-state index contributed by atoms with van der Waals surface area (Å²) in [4.78, 5) is 0. The van der Waals surface area contributed by atoms with Crippen LogP contribution in [0.3, 0.4) is 0 Å². The lowest BCUT2D eigenvalue weighted by Gasteiger charge is -2.10. The zero-order chi connectivity index (χ0) is 17.0. The molecule has 0 heterocycles. The molecule has 1 unspecified atom stereocenters. The molecule has 0 saturated heterocycles. The van der Waals surface area contributed by atoms with Crippen LogP contribution in [-0.4, -0.2) is 6.10 Å². The lowest BCUT2D eigenvalue weighted by Crippen LogP contribution is -2.02. The van der Waals surface area contributed by atoms with Crippen LogP contribution in [0.5, 0.6) is 0 Å². The minimum Gasteiger partial charge on any atom is -0.499 e. The Balaban J connectivity index is 3.01. The SMILES string of the molecule is C=COC(C)CCCCCCCCCCCCCCCCCC. The summed E-state index contributed by atoms with van der Waals surface area (Å²) in [7, 11) is 0. The van der Waals surface area contributed by atoms with Crippen molar-refractivity contribution in [1.82, 2.24) is 0 Å². The van der Waals surface area contributed by atoms with Crippen LogP contribution in [0.1, 0.15) is 123 Å². The molecule has 0 fully saturated rings. The van der Waals surface area contributed by atoms with Crippen molar-refractivity contribution < 1.29 is 4.74 Å². The third kappa shape index (κ3) is 19.5. The van der Waals surface area contributed by atoms with Gasteiger partial charge in [0.15, 0.2) is 0 Å². The standard InChI is InChI=1S/C22H44O/c1-4-6-7-8-9-10-11-12-13-14-15-16-17-18-19-20-21-22(3)23-5-2/h5,22H,2,4,6-21H2,1,3H3. The van der Waals surface area contributed by atoms with E-state index in [0.717, 1.165) is 0 Å². The van der Waals surface area contributed by atoms with Crippen LogP contribution in [0, 0.1) is 0 Å². The third-order valence-corrected chi connectivity index (χ3v) is 4.79. The summed E-state index contributed by atoms with van der Waals surface area (Å²) in [5.41, 5.74) is 0. The molecule has 1 heteroatoms. The Bertz CT molecular complexity index is 224. The van der Waals surface area contributed by atoms with Gasteiger partial charge in [-0.2, -0.15) is 0 Å². The lowest BCUT2D eigenvalue weighted by molar-refractivity contribution is 0.150. The zero-order valence-corrected chi connectivity index (χ0v) is 16.3. The maximum absolute atomic E-state index is 5.33. The second-order valence-corrected chi connectivity index (χ2v) is 7.21. The lowest BCUT2D eigenvalue weighted by atomic mass is 10.0. The van der Waals surface area contributed by atoms with Crippen molar-refractivity contribution in [3.8, 4) is 0 Å². The summed E-state index contributed by atoms with van der Waals surface area (Å²) < 4.78 is 5.33. The van der Waals surface area contributed by atoms with E-state index in [1.54, 1.807) is 6.26 Å². The van der Waals surface area contributed by atoms with Crippen molar-refractivity contribution in [2.75, 3.05) is 0 Å². The molecule has 1 atom stereocenters. The van der Waals surface area contributed by atoms with Gasteiger partial charge in [-0.1, -0.05) is 110 Å². The number of unbranched alkanes of at least 4 members (excludes halogenated alkanes) is 15. The van der Waals surface area contributed by atoms with Crippen molar-refractivity contribution in [1.29, 1.82) is 0 Å². The van der Waals surface area contributed by atoms with Gasteiger partial charge in [0.05, 0.1) is 12.4 Å².